The van der Waals surface area contributed by atoms with Crippen molar-refractivity contribution < 1.29 is 0 Å². The fraction of sp³-hybridized carbons (Fsp3) is 0.958. The summed E-state index contributed by atoms with van der Waals surface area (Å²) in [7, 11) is 1.99. The summed E-state index contributed by atoms with van der Waals surface area (Å²) in [4.78, 5) is 0. The summed E-state index contributed by atoms with van der Waals surface area (Å²) in [6, 6.07) is 0. The molecule has 0 aromatic rings. The van der Waals surface area contributed by atoms with E-state index in [1.807, 2.05) is 7.05 Å². The second-order valence-corrected chi connectivity index (χ2v) is 11.8. The van der Waals surface area contributed by atoms with Crippen LogP contribution in [-0.2, 0) is 0 Å². The third kappa shape index (κ3) is 2.73. The van der Waals surface area contributed by atoms with Gasteiger partial charge in [-0.25, -0.2) is 0 Å². The highest BCUT2D eigenvalue weighted by Gasteiger charge is 2.60. The molecule has 0 radical (unpaired) electrons. The van der Waals surface area contributed by atoms with Crippen molar-refractivity contribution >= 4 is 5.71 Å². The molecule has 7 atom stereocenters. The lowest BCUT2D eigenvalue weighted by Gasteiger charge is -2.62. The van der Waals surface area contributed by atoms with Gasteiger partial charge in [-0.15, -0.1) is 0 Å². The Kier molecular flexibility index (Phi) is 4.61. The third-order valence-corrected chi connectivity index (χ3v) is 9.99. The first-order valence-corrected chi connectivity index (χ1v) is 11.4. The number of hydrogen-bond donors (Lipinski definition) is 2. The van der Waals surface area contributed by atoms with Gasteiger partial charge in [-0.3, -0.25) is 0 Å². The Morgan fingerprint density at radius 1 is 0.885 bits per heavy atom. The van der Waals surface area contributed by atoms with Crippen LogP contribution >= 0.6 is 0 Å². The molecule has 4 aliphatic rings. The normalized spacial score (nSPS) is 49.8. The summed E-state index contributed by atoms with van der Waals surface area (Å²) < 4.78 is 0. The van der Waals surface area contributed by atoms with Crippen LogP contribution in [0.5, 0.6) is 0 Å². The summed E-state index contributed by atoms with van der Waals surface area (Å²) in [5.74, 6) is 4.31. The first-order valence-electron chi connectivity index (χ1n) is 11.4. The zero-order chi connectivity index (χ0) is 18.7. The van der Waals surface area contributed by atoms with Crippen LogP contribution in [0.3, 0.4) is 0 Å². The van der Waals surface area contributed by atoms with Crippen LogP contribution < -0.4 is 5.32 Å². The molecule has 0 aromatic heterocycles. The maximum Gasteiger partial charge on any atom is 0.0333 e. The minimum atomic E-state index is 0.409. The molecule has 0 heterocycles. The minimum absolute atomic E-state index is 0.409. The molecular weight excluding hydrogens is 316 g/mol. The Bertz CT molecular complexity index is 567. The lowest BCUT2D eigenvalue weighted by Crippen LogP contribution is -2.54. The number of fused-ring (bicyclic) bond motifs is 5. The van der Waals surface area contributed by atoms with Crippen LogP contribution in [0, 0.1) is 51.2 Å². The van der Waals surface area contributed by atoms with E-state index in [2.05, 4.69) is 33.0 Å². The summed E-state index contributed by atoms with van der Waals surface area (Å²) in [5, 5.41) is 11.9. The third-order valence-electron chi connectivity index (χ3n) is 9.99. The van der Waals surface area contributed by atoms with Crippen molar-refractivity contribution in [2.24, 2.45) is 45.8 Å². The molecular formula is C24H42N2. The summed E-state index contributed by atoms with van der Waals surface area (Å²) in [6.07, 6.45) is 12.8. The van der Waals surface area contributed by atoms with E-state index in [0.717, 1.165) is 35.9 Å². The summed E-state index contributed by atoms with van der Waals surface area (Å²) in [5.41, 5.74) is 2.57. The highest BCUT2D eigenvalue weighted by Crippen LogP contribution is 2.68. The van der Waals surface area contributed by atoms with Crippen LogP contribution in [0.15, 0.2) is 0 Å². The molecule has 0 aromatic carbocycles. The predicted molar refractivity (Wildman–Crippen MR) is 111 cm³/mol. The monoisotopic (exact) mass is 358 g/mol. The molecule has 4 aliphatic carbocycles. The van der Waals surface area contributed by atoms with Gasteiger partial charge in [0.15, 0.2) is 0 Å². The largest absolute Gasteiger partial charge is 0.315 e. The second kappa shape index (κ2) is 6.33. The molecule has 2 nitrogen and oxygen atoms in total. The number of rotatable bonds is 3. The van der Waals surface area contributed by atoms with Crippen molar-refractivity contribution in [2.45, 2.75) is 85.5 Å². The first-order chi connectivity index (χ1) is 12.2. The van der Waals surface area contributed by atoms with Gasteiger partial charge in [-0.05, 0) is 105 Å². The zero-order valence-corrected chi connectivity index (χ0v) is 18.0. The second-order valence-electron chi connectivity index (χ2n) is 11.8. The van der Waals surface area contributed by atoms with Crippen molar-refractivity contribution in [3.8, 4) is 0 Å². The van der Waals surface area contributed by atoms with E-state index in [4.69, 9.17) is 5.41 Å². The average Bonchev–Trinajstić information content (AvgIpc) is 2.93. The van der Waals surface area contributed by atoms with Crippen LogP contribution in [0.2, 0.25) is 0 Å². The van der Waals surface area contributed by atoms with Crippen LogP contribution in [-0.4, -0.2) is 19.3 Å². The average molecular weight is 359 g/mol. The zero-order valence-electron chi connectivity index (χ0n) is 18.0. The van der Waals surface area contributed by atoms with E-state index in [1.165, 1.54) is 57.8 Å². The number of hydrogen-bond acceptors (Lipinski definition) is 2. The van der Waals surface area contributed by atoms with Crippen molar-refractivity contribution in [3.63, 3.8) is 0 Å². The van der Waals surface area contributed by atoms with Gasteiger partial charge in [0.05, 0.1) is 0 Å². The number of nitrogens with one attached hydrogen (secondary N) is 2. The molecule has 4 rings (SSSR count). The van der Waals surface area contributed by atoms with E-state index < -0.39 is 0 Å². The van der Waals surface area contributed by atoms with E-state index in [0.29, 0.717) is 22.2 Å². The Balaban J connectivity index is 1.57. The molecule has 2 N–H and O–H groups in total. The molecule has 0 spiro atoms. The molecule has 4 fully saturated rings. The van der Waals surface area contributed by atoms with Gasteiger partial charge < -0.3 is 10.7 Å². The lowest BCUT2D eigenvalue weighted by atomic mass is 9.43. The predicted octanol–water partition coefficient (Wildman–Crippen LogP) is 5.91. The van der Waals surface area contributed by atoms with Crippen molar-refractivity contribution in [1.82, 2.24) is 5.32 Å². The van der Waals surface area contributed by atoms with Crippen LogP contribution in [0.4, 0.5) is 0 Å². The van der Waals surface area contributed by atoms with Crippen molar-refractivity contribution in [2.75, 3.05) is 13.6 Å². The Morgan fingerprint density at radius 2 is 1.62 bits per heavy atom. The molecule has 7 unspecified atom stereocenters. The smallest absolute Gasteiger partial charge is 0.0333 e. The Morgan fingerprint density at radius 3 is 2.35 bits per heavy atom. The molecule has 148 valence electrons. The van der Waals surface area contributed by atoms with Gasteiger partial charge in [0.1, 0.15) is 0 Å². The molecule has 0 amide bonds. The molecule has 4 saturated carbocycles. The van der Waals surface area contributed by atoms with Gasteiger partial charge in [-0.2, -0.15) is 0 Å². The van der Waals surface area contributed by atoms with E-state index in [1.54, 1.807) is 0 Å². The van der Waals surface area contributed by atoms with Crippen LogP contribution in [0.25, 0.3) is 0 Å². The SMILES string of the molecule is CNCC(=N)C1CCC2C3CCC4CC(C)(C)CCC4(C)C3CCC12C. The highest BCUT2D eigenvalue weighted by atomic mass is 14.8. The molecule has 26 heavy (non-hydrogen) atoms. The molecule has 0 saturated heterocycles. The van der Waals surface area contributed by atoms with Gasteiger partial charge >= 0.3 is 0 Å². The Labute approximate surface area is 161 Å². The lowest BCUT2D eigenvalue weighted by molar-refractivity contribution is -0.123. The summed E-state index contributed by atoms with van der Waals surface area (Å²) in [6.45, 7) is 11.0. The van der Waals surface area contributed by atoms with Crippen molar-refractivity contribution in [3.05, 3.63) is 0 Å². The van der Waals surface area contributed by atoms with Crippen LogP contribution in [0.1, 0.15) is 85.5 Å². The molecule has 0 bridgehead atoms. The Hall–Kier alpha value is -0.370. The quantitative estimate of drug-likeness (QED) is 0.604. The standard InChI is InChI=1S/C24H42N2/c1-22(2)12-13-23(3)16(14-22)6-7-17-18-8-9-20(21(25)15-26-5)24(18,4)11-10-19(17)23/h16-20,25-26H,6-15H2,1-5H3. The molecule has 0 aliphatic heterocycles. The topological polar surface area (TPSA) is 35.9 Å². The fourth-order valence-corrected chi connectivity index (χ4v) is 8.52. The fourth-order valence-electron chi connectivity index (χ4n) is 8.52. The summed E-state index contributed by atoms with van der Waals surface area (Å²) >= 11 is 0. The van der Waals surface area contributed by atoms with E-state index in [-0.39, 0.29) is 0 Å². The minimum Gasteiger partial charge on any atom is -0.315 e. The van der Waals surface area contributed by atoms with Crippen molar-refractivity contribution in [1.29, 1.82) is 5.41 Å². The van der Waals surface area contributed by atoms with Gasteiger partial charge in [0.25, 0.3) is 0 Å². The first kappa shape index (κ1) is 19.0. The molecule has 2 heteroatoms. The van der Waals surface area contributed by atoms with Gasteiger partial charge in [0, 0.05) is 18.2 Å². The highest BCUT2D eigenvalue weighted by molar-refractivity contribution is 5.86. The van der Waals surface area contributed by atoms with Gasteiger partial charge in [-0.1, -0.05) is 27.7 Å². The maximum absolute atomic E-state index is 8.63. The maximum atomic E-state index is 8.63. The van der Waals surface area contributed by atoms with E-state index in [9.17, 15) is 0 Å². The van der Waals surface area contributed by atoms with Gasteiger partial charge in [0.2, 0.25) is 0 Å². The van der Waals surface area contributed by atoms with E-state index >= 15 is 0 Å².